The number of hydrogen-bond acceptors (Lipinski definition) is 2. The molecule has 3 heteroatoms. The molecule has 0 atom stereocenters. The van der Waals surface area contributed by atoms with Crippen molar-refractivity contribution >= 4 is 17.2 Å². The van der Waals surface area contributed by atoms with E-state index >= 15 is 0 Å². The van der Waals surface area contributed by atoms with Crippen LogP contribution < -0.4 is 0 Å². The molecular weight excluding hydrogens is 164 g/mol. The van der Waals surface area contributed by atoms with Gasteiger partial charge in [0.1, 0.15) is 5.69 Å². The van der Waals surface area contributed by atoms with Crippen molar-refractivity contribution in [2.75, 3.05) is 0 Å². The van der Waals surface area contributed by atoms with Crippen molar-refractivity contribution in [1.82, 2.24) is 10.2 Å². The van der Waals surface area contributed by atoms with E-state index < -0.39 is 0 Å². The standard InChI is InChI=1S/C10H10N2O/c1-6-3-7(2)10-8(4-6)11-12-9(10)5-13/h3-5H,1-2H3,(H,11,12). The number of aldehydes is 1. The maximum atomic E-state index is 10.6. The first-order valence-corrected chi connectivity index (χ1v) is 4.13. The summed E-state index contributed by atoms with van der Waals surface area (Å²) in [5.41, 5.74) is 3.67. The van der Waals surface area contributed by atoms with Gasteiger partial charge in [-0.05, 0) is 31.0 Å². The van der Waals surface area contributed by atoms with E-state index in [2.05, 4.69) is 10.2 Å². The summed E-state index contributed by atoms with van der Waals surface area (Å²) >= 11 is 0. The molecule has 1 aromatic carbocycles. The van der Waals surface area contributed by atoms with Gasteiger partial charge in [0.15, 0.2) is 6.29 Å². The van der Waals surface area contributed by atoms with Crippen molar-refractivity contribution in [2.45, 2.75) is 13.8 Å². The zero-order valence-electron chi connectivity index (χ0n) is 7.59. The van der Waals surface area contributed by atoms with Gasteiger partial charge in [-0.3, -0.25) is 9.89 Å². The minimum Gasteiger partial charge on any atom is -0.296 e. The largest absolute Gasteiger partial charge is 0.296 e. The van der Waals surface area contributed by atoms with Gasteiger partial charge in [-0.2, -0.15) is 5.10 Å². The lowest BCUT2D eigenvalue weighted by Crippen LogP contribution is -1.83. The first kappa shape index (κ1) is 7.98. The highest BCUT2D eigenvalue weighted by Crippen LogP contribution is 2.20. The normalized spacial score (nSPS) is 10.6. The van der Waals surface area contributed by atoms with Crippen molar-refractivity contribution < 1.29 is 4.79 Å². The smallest absolute Gasteiger partial charge is 0.168 e. The van der Waals surface area contributed by atoms with E-state index in [1.54, 1.807) is 0 Å². The molecule has 1 N–H and O–H groups in total. The minimum atomic E-state index is 0.563. The van der Waals surface area contributed by atoms with Crippen LogP contribution in [0.1, 0.15) is 21.6 Å². The fourth-order valence-electron chi connectivity index (χ4n) is 1.65. The van der Waals surface area contributed by atoms with Crippen molar-refractivity contribution in [1.29, 1.82) is 0 Å². The highest BCUT2D eigenvalue weighted by Gasteiger charge is 2.06. The molecule has 1 heterocycles. The van der Waals surface area contributed by atoms with Crippen LogP contribution in [0.3, 0.4) is 0 Å². The van der Waals surface area contributed by atoms with Crippen LogP contribution in [0, 0.1) is 13.8 Å². The number of aryl methyl sites for hydroxylation is 2. The van der Waals surface area contributed by atoms with Crippen LogP contribution >= 0.6 is 0 Å². The van der Waals surface area contributed by atoms with Gasteiger partial charge in [-0.1, -0.05) is 6.07 Å². The number of aromatic nitrogens is 2. The van der Waals surface area contributed by atoms with E-state index in [-0.39, 0.29) is 0 Å². The second-order valence-electron chi connectivity index (χ2n) is 3.23. The quantitative estimate of drug-likeness (QED) is 0.672. The third-order valence-corrected chi connectivity index (χ3v) is 2.14. The molecule has 2 aromatic rings. The van der Waals surface area contributed by atoms with Gasteiger partial charge >= 0.3 is 0 Å². The van der Waals surface area contributed by atoms with Gasteiger partial charge in [-0.25, -0.2) is 0 Å². The second kappa shape index (κ2) is 2.69. The molecule has 0 aliphatic carbocycles. The zero-order valence-corrected chi connectivity index (χ0v) is 7.59. The summed E-state index contributed by atoms with van der Waals surface area (Å²) in [7, 11) is 0. The van der Waals surface area contributed by atoms with Crippen LogP contribution in [0.2, 0.25) is 0 Å². The molecule has 0 spiro atoms. The number of fused-ring (bicyclic) bond motifs is 1. The molecule has 0 radical (unpaired) electrons. The third kappa shape index (κ3) is 1.13. The Kier molecular flexibility index (Phi) is 1.65. The van der Waals surface area contributed by atoms with Gasteiger partial charge in [0.25, 0.3) is 0 Å². The van der Waals surface area contributed by atoms with Gasteiger partial charge in [-0.15, -0.1) is 0 Å². The Labute approximate surface area is 75.8 Å². The number of hydrogen-bond donors (Lipinski definition) is 1. The summed E-state index contributed by atoms with van der Waals surface area (Å²) in [5, 5.41) is 7.70. The lowest BCUT2D eigenvalue weighted by atomic mass is 10.1. The number of benzene rings is 1. The predicted molar refractivity (Wildman–Crippen MR) is 51.0 cm³/mol. The van der Waals surface area contributed by atoms with Crippen molar-refractivity contribution in [3.63, 3.8) is 0 Å². The number of H-pyrrole nitrogens is 1. The highest BCUT2D eigenvalue weighted by atomic mass is 16.1. The molecule has 0 saturated heterocycles. The average Bonchev–Trinajstić information content (AvgIpc) is 2.47. The Morgan fingerprint density at radius 1 is 1.38 bits per heavy atom. The van der Waals surface area contributed by atoms with Crippen molar-refractivity contribution in [2.24, 2.45) is 0 Å². The van der Waals surface area contributed by atoms with Crippen LogP contribution in [0.5, 0.6) is 0 Å². The first-order valence-electron chi connectivity index (χ1n) is 4.13. The lowest BCUT2D eigenvalue weighted by molar-refractivity contribution is 0.112. The molecule has 0 bridgehead atoms. The Morgan fingerprint density at radius 2 is 2.15 bits per heavy atom. The molecule has 3 nitrogen and oxygen atoms in total. The zero-order chi connectivity index (χ0) is 9.42. The van der Waals surface area contributed by atoms with Gasteiger partial charge < -0.3 is 0 Å². The van der Waals surface area contributed by atoms with Crippen molar-refractivity contribution in [3.8, 4) is 0 Å². The summed E-state index contributed by atoms with van der Waals surface area (Å²) < 4.78 is 0. The highest BCUT2D eigenvalue weighted by molar-refractivity contribution is 5.97. The van der Waals surface area contributed by atoms with E-state index in [9.17, 15) is 4.79 Å². The van der Waals surface area contributed by atoms with Crippen LogP contribution in [0.15, 0.2) is 12.1 Å². The van der Waals surface area contributed by atoms with Crippen LogP contribution in [0.4, 0.5) is 0 Å². The number of nitrogens with zero attached hydrogens (tertiary/aromatic N) is 1. The molecule has 0 saturated carbocycles. The monoisotopic (exact) mass is 174 g/mol. The molecule has 2 rings (SSSR count). The van der Waals surface area contributed by atoms with Crippen LogP contribution in [-0.2, 0) is 0 Å². The Morgan fingerprint density at radius 3 is 2.85 bits per heavy atom. The number of nitrogens with one attached hydrogen (secondary N) is 1. The predicted octanol–water partition coefficient (Wildman–Crippen LogP) is 1.99. The van der Waals surface area contributed by atoms with E-state index in [1.807, 2.05) is 26.0 Å². The van der Waals surface area contributed by atoms with Gasteiger partial charge in [0, 0.05) is 5.39 Å². The van der Waals surface area contributed by atoms with E-state index in [1.165, 1.54) is 0 Å². The molecule has 0 fully saturated rings. The molecule has 13 heavy (non-hydrogen) atoms. The minimum absolute atomic E-state index is 0.563. The van der Waals surface area contributed by atoms with Crippen LogP contribution in [0.25, 0.3) is 10.9 Å². The number of aromatic amines is 1. The SMILES string of the molecule is Cc1cc(C)c2c(C=O)[nH]nc2c1. The Hall–Kier alpha value is -1.64. The molecule has 0 unspecified atom stereocenters. The van der Waals surface area contributed by atoms with E-state index in [0.717, 1.165) is 28.3 Å². The average molecular weight is 174 g/mol. The summed E-state index contributed by atoms with van der Waals surface area (Å²) in [6, 6.07) is 4.01. The second-order valence-corrected chi connectivity index (χ2v) is 3.23. The maximum Gasteiger partial charge on any atom is 0.168 e. The maximum absolute atomic E-state index is 10.6. The lowest BCUT2D eigenvalue weighted by Gasteiger charge is -1.97. The van der Waals surface area contributed by atoms with E-state index in [4.69, 9.17) is 0 Å². The van der Waals surface area contributed by atoms with Crippen LogP contribution in [-0.4, -0.2) is 16.5 Å². The molecule has 0 amide bonds. The molecule has 0 aliphatic rings. The molecule has 66 valence electrons. The van der Waals surface area contributed by atoms with E-state index in [0.29, 0.717) is 5.69 Å². The van der Waals surface area contributed by atoms with Gasteiger partial charge in [0.2, 0.25) is 0 Å². The summed E-state index contributed by atoms with van der Waals surface area (Å²) in [5.74, 6) is 0. The first-order chi connectivity index (χ1) is 6.22. The molecule has 0 aliphatic heterocycles. The number of carbonyl (C=O) groups excluding carboxylic acids is 1. The number of rotatable bonds is 1. The summed E-state index contributed by atoms with van der Waals surface area (Å²) in [4.78, 5) is 10.6. The molecule has 1 aromatic heterocycles. The number of carbonyl (C=O) groups is 1. The van der Waals surface area contributed by atoms with Crippen molar-refractivity contribution in [3.05, 3.63) is 29.0 Å². The topological polar surface area (TPSA) is 45.8 Å². The summed E-state index contributed by atoms with van der Waals surface area (Å²) in [6.45, 7) is 4.00. The fourth-order valence-corrected chi connectivity index (χ4v) is 1.65. The Balaban J connectivity index is 2.89. The third-order valence-electron chi connectivity index (χ3n) is 2.14. The molecular formula is C10H10N2O. The fraction of sp³-hybridized carbons (Fsp3) is 0.200. The Bertz CT molecular complexity index is 471. The van der Waals surface area contributed by atoms with Gasteiger partial charge in [0.05, 0.1) is 5.52 Å². The summed E-state index contributed by atoms with van der Waals surface area (Å²) in [6.07, 6.45) is 0.803.